The van der Waals surface area contributed by atoms with E-state index in [2.05, 4.69) is 10.3 Å². The van der Waals surface area contributed by atoms with Gasteiger partial charge in [0.2, 0.25) is 0 Å². The maximum atomic E-state index is 12.4. The SMILES string of the molecule is Cc1ccc(OCc2ccc(C(=O)NCc3cc4ccccc4[nH]3)o2)c([N+](=O)[O-])c1. The number of carbonyl (C=O) groups is 1. The molecule has 0 aliphatic heterocycles. The normalized spacial score (nSPS) is 10.8. The monoisotopic (exact) mass is 405 g/mol. The standard InChI is InChI=1S/C22H19N3O5/c1-14-6-8-20(19(10-14)25(27)28)29-13-17-7-9-21(30-17)22(26)23-12-16-11-15-4-2-3-5-18(15)24-16/h2-11,24H,12-13H2,1H3,(H,23,26). The first-order chi connectivity index (χ1) is 14.5. The third-order valence-corrected chi connectivity index (χ3v) is 4.59. The molecule has 0 aliphatic rings. The summed E-state index contributed by atoms with van der Waals surface area (Å²) in [7, 11) is 0. The summed E-state index contributed by atoms with van der Waals surface area (Å²) in [5.41, 5.74) is 2.54. The number of H-pyrrole nitrogens is 1. The Kier molecular flexibility index (Phi) is 5.21. The summed E-state index contributed by atoms with van der Waals surface area (Å²) in [4.78, 5) is 26.3. The second kappa shape index (κ2) is 8.12. The second-order valence-corrected chi connectivity index (χ2v) is 6.85. The molecule has 2 aromatic carbocycles. The lowest BCUT2D eigenvalue weighted by Gasteiger charge is -2.06. The number of para-hydroxylation sites is 1. The number of nitro groups is 1. The van der Waals surface area contributed by atoms with E-state index in [0.29, 0.717) is 12.3 Å². The van der Waals surface area contributed by atoms with E-state index in [1.54, 1.807) is 31.2 Å². The zero-order chi connectivity index (χ0) is 21.1. The molecule has 8 nitrogen and oxygen atoms in total. The van der Waals surface area contributed by atoms with Crippen LogP contribution in [0.25, 0.3) is 10.9 Å². The summed E-state index contributed by atoms with van der Waals surface area (Å²) in [5, 5.41) is 15.0. The van der Waals surface area contributed by atoms with Crippen molar-refractivity contribution in [1.82, 2.24) is 10.3 Å². The Morgan fingerprint density at radius 3 is 2.80 bits per heavy atom. The van der Waals surface area contributed by atoms with Crippen LogP contribution in [0.2, 0.25) is 0 Å². The Balaban J connectivity index is 1.36. The number of furan rings is 1. The number of hydrogen-bond donors (Lipinski definition) is 2. The van der Waals surface area contributed by atoms with Gasteiger partial charge >= 0.3 is 5.69 Å². The van der Waals surface area contributed by atoms with Crippen molar-refractivity contribution >= 4 is 22.5 Å². The number of fused-ring (bicyclic) bond motifs is 1. The predicted octanol–water partition coefficient (Wildman–Crippen LogP) is 4.49. The number of aromatic nitrogens is 1. The first-order valence-corrected chi connectivity index (χ1v) is 9.31. The molecule has 0 bridgehead atoms. The number of carbonyl (C=O) groups excluding carboxylic acids is 1. The van der Waals surface area contributed by atoms with Crippen LogP contribution in [0.4, 0.5) is 5.69 Å². The van der Waals surface area contributed by atoms with Gasteiger partial charge in [-0.3, -0.25) is 14.9 Å². The maximum absolute atomic E-state index is 12.4. The number of hydrogen-bond acceptors (Lipinski definition) is 5. The molecule has 8 heteroatoms. The van der Waals surface area contributed by atoms with Crippen molar-refractivity contribution in [2.45, 2.75) is 20.1 Å². The van der Waals surface area contributed by atoms with Gasteiger partial charge in [0.15, 0.2) is 11.5 Å². The van der Waals surface area contributed by atoms with Crippen molar-refractivity contribution in [2.75, 3.05) is 0 Å². The molecule has 0 spiro atoms. The summed E-state index contributed by atoms with van der Waals surface area (Å²) in [5.74, 6) is 0.316. The topological polar surface area (TPSA) is 110 Å². The Bertz CT molecular complexity index is 1190. The average Bonchev–Trinajstić information content (AvgIpc) is 3.37. The van der Waals surface area contributed by atoms with Crippen LogP contribution in [0, 0.1) is 17.0 Å². The van der Waals surface area contributed by atoms with Gasteiger partial charge in [-0.05, 0) is 48.2 Å². The number of rotatable bonds is 7. The number of benzene rings is 2. The molecule has 2 heterocycles. The van der Waals surface area contributed by atoms with Crippen LogP contribution >= 0.6 is 0 Å². The minimum atomic E-state index is -0.493. The minimum Gasteiger partial charge on any atom is -0.479 e. The molecule has 152 valence electrons. The van der Waals surface area contributed by atoms with E-state index in [0.717, 1.165) is 22.2 Å². The Morgan fingerprint density at radius 1 is 1.17 bits per heavy atom. The van der Waals surface area contributed by atoms with Crippen LogP contribution in [0.5, 0.6) is 5.75 Å². The molecule has 0 fully saturated rings. The summed E-state index contributed by atoms with van der Waals surface area (Å²) >= 11 is 0. The second-order valence-electron chi connectivity index (χ2n) is 6.85. The van der Waals surface area contributed by atoms with Crippen molar-refractivity contribution in [3.63, 3.8) is 0 Å². The van der Waals surface area contributed by atoms with Gasteiger partial charge in [0.05, 0.1) is 11.5 Å². The molecule has 0 saturated heterocycles. The van der Waals surface area contributed by atoms with Crippen LogP contribution in [0.15, 0.2) is 65.1 Å². The molecular weight excluding hydrogens is 386 g/mol. The van der Waals surface area contributed by atoms with Crippen LogP contribution in [-0.4, -0.2) is 15.8 Å². The fourth-order valence-corrected chi connectivity index (χ4v) is 3.11. The Hall–Kier alpha value is -4.07. The summed E-state index contributed by atoms with van der Waals surface area (Å²) in [6.45, 7) is 2.07. The minimum absolute atomic E-state index is 0.0286. The molecule has 4 rings (SSSR count). The molecule has 2 aromatic heterocycles. The highest BCUT2D eigenvalue weighted by molar-refractivity contribution is 5.91. The van der Waals surface area contributed by atoms with E-state index in [4.69, 9.17) is 9.15 Å². The van der Waals surface area contributed by atoms with Gasteiger partial charge < -0.3 is 19.5 Å². The summed E-state index contributed by atoms with van der Waals surface area (Å²) in [6, 6.07) is 17.7. The predicted molar refractivity (Wildman–Crippen MR) is 110 cm³/mol. The number of aryl methyl sites for hydroxylation is 1. The molecular formula is C22H19N3O5. The first kappa shape index (κ1) is 19.3. The number of aromatic amines is 1. The van der Waals surface area contributed by atoms with Gasteiger partial charge in [-0.1, -0.05) is 24.3 Å². The van der Waals surface area contributed by atoms with E-state index in [1.165, 1.54) is 6.07 Å². The lowest BCUT2D eigenvalue weighted by molar-refractivity contribution is -0.386. The molecule has 30 heavy (non-hydrogen) atoms. The van der Waals surface area contributed by atoms with Gasteiger partial charge in [0.25, 0.3) is 5.91 Å². The van der Waals surface area contributed by atoms with Gasteiger partial charge in [0.1, 0.15) is 12.4 Å². The lowest BCUT2D eigenvalue weighted by atomic mass is 10.2. The quantitative estimate of drug-likeness (QED) is 0.348. The number of nitro benzene ring substituents is 1. The van der Waals surface area contributed by atoms with Gasteiger partial charge in [-0.15, -0.1) is 0 Å². The molecule has 0 atom stereocenters. The van der Waals surface area contributed by atoms with Crippen LogP contribution in [0.1, 0.15) is 27.6 Å². The van der Waals surface area contributed by atoms with Crippen molar-refractivity contribution in [3.05, 3.63) is 93.6 Å². The third-order valence-electron chi connectivity index (χ3n) is 4.59. The highest BCUT2D eigenvalue weighted by Crippen LogP contribution is 2.28. The molecule has 4 aromatic rings. The Morgan fingerprint density at radius 2 is 2.00 bits per heavy atom. The van der Waals surface area contributed by atoms with Crippen molar-refractivity contribution in [2.24, 2.45) is 0 Å². The van der Waals surface area contributed by atoms with Crippen molar-refractivity contribution < 1.29 is 18.9 Å². The van der Waals surface area contributed by atoms with Gasteiger partial charge in [-0.25, -0.2) is 0 Å². The van der Waals surface area contributed by atoms with Crippen molar-refractivity contribution in [3.8, 4) is 5.75 Å². The number of nitrogens with one attached hydrogen (secondary N) is 2. The highest BCUT2D eigenvalue weighted by Gasteiger charge is 2.17. The smallest absolute Gasteiger partial charge is 0.311 e. The molecule has 2 N–H and O–H groups in total. The zero-order valence-corrected chi connectivity index (χ0v) is 16.2. The number of amides is 1. The van der Waals surface area contributed by atoms with Crippen molar-refractivity contribution in [1.29, 1.82) is 0 Å². The highest BCUT2D eigenvalue weighted by atomic mass is 16.6. The Labute approximate surface area is 171 Å². The maximum Gasteiger partial charge on any atom is 0.311 e. The summed E-state index contributed by atoms with van der Waals surface area (Å²) in [6.07, 6.45) is 0. The molecule has 0 radical (unpaired) electrons. The zero-order valence-electron chi connectivity index (χ0n) is 16.2. The average molecular weight is 405 g/mol. The van der Waals surface area contributed by atoms with E-state index in [-0.39, 0.29) is 29.7 Å². The van der Waals surface area contributed by atoms with Crippen LogP contribution in [-0.2, 0) is 13.2 Å². The number of nitrogens with zero attached hydrogens (tertiary/aromatic N) is 1. The number of ether oxygens (including phenoxy) is 1. The summed E-state index contributed by atoms with van der Waals surface area (Å²) < 4.78 is 11.0. The van der Waals surface area contributed by atoms with Crippen LogP contribution < -0.4 is 10.1 Å². The fourth-order valence-electron chi connectivity index (χ4n) is 3.11. The van der Waals surface area contributed by atoms with Gasteiger partial charge in [-0.2, -0.15) is 0 Å². The van der Waals surface area contributed by atoms with E-state index < -0.39 is 4.92 Å². The first-order valence-electron chi connectivity index (χ1n) is 9.31. The molecule has 0 unspecified atom stereocenters. The lowest BCUT2D eigenvalue weighted by Crippen LogP contribution is -2.22. The largest absolute Gasteiger partial charge is 0.479 e. The van der Waals surface area contributed by atoms with Crippen LogP contribution in [0.3, 0.4) is 0 Å². The fraction of sp³-hybridized carbons (Fsp3) is 0.136. The third kappa shape index (κ3) is 4.17. The van der Waals surface area contributed by atoms with E-state index in [9.17, 15) is 14.9 Å². The molecule has 0 saturated carbocycles. The van der Waals surface area contributed by atoms with E-state index in [1.807, 2.05) is 30.3 Å². The molecule has 1 amide bonds. The van der Waals surface area contributed by atoms with E-state index >= 15 is 0 Å². The molecule has 0 aliphatic carbocycles. The van der Waals surface area contributed by atoms with Gasteiger partial charge in [0, 0.05) is 17.3 Å².